The molecule has 0 saturated heterocycles. The number of carboxylic acid groups (broad SMARTS) is 1. The van der Waals surface area contributed by atoms with Crippen LogP contribution in [0.15, 0.2) is 12.1 Å². The van der Waals surface area contributed by atoms with Gasteiger partial charge in [-0.25, -0.2) is 9.59 Å². The number of esters is 1. The number of rotatable bonds is 6. The van der Waals surface area contributed by atoms with E-state index >= 15 is 0 Å². The van der Waals surface area contributed by atoms with Gasteiger partial charge < -0.3 is 35.5 Å². The van der Waals surface area contributed by atoms with E-state index < -0.39 is 30.8 Å². The fourth-order valence-electron chi connectivity index (χ4n) is 2.99. The van der Waals surface area contributed by atoms with Crippen LogP contribution in [0, 0.1) is 11.3 Å². The molecule has 1 aliphatic rings. The van der Waals surface area contributed by atoms with Gasteiger partial charge in [0.05, 0.1) is 5.69 Å². The van der Waals surface area contributed by atoms with E-state index in [0.717, 1.165) is 0 Å². The van der Waals surface area contributed by atoms with Gasteiger partial charge in [0, 0.05) is 23.6 Å². The number of nitriles is 1. The molecule has 2 aromatic rings. The lowest BCUT2D eigenvalue weighted by Gasteiger charge is -2.24. The van der Waals surface area contributed by atoms with Crippen LogP contribution in [0.1, 0.15) is 37.5 Å². The Morgan fingerprint density at radius 3 is 2.50 bits per heavy atom. The number of aliphatic carboxylic acids is 1. The number of carbonyl (C=O) groups is 2. The van der Waals surface area contributed by atoms with Crippen molar-refractivity contribution in [1.29, 1.82) is 5.26 Å². The Morgan fingerprint density at radius 1 is 1.22 bits per heavy atom. The highest BCUT2D eigenvalue weighted by Gasteiger charge is 2.27. The molecule has 3 rings (SSSR count). The van der Waals surface area contributed by atoms with Gasteiger partial charge in [0.1, 0.15) is 28.8 Å². The Hall–Kier alpha value is -4.20. The van der Waals surface area contributed by atoms with Crippen molar-refractivity contribution in [3.8, 4) is 29.2 Å². The molecule has 32 heavy (non-hydrogen) atoms. The number of carbonyl (C=O) groups excluding carboxylic acids is 1. The lowest BCUT2D eigenvalue weighted by molar-refractivity contribution is -0.157. The van der Waals surface area contributed by atoms with Crippen molar-refractivity contribution in [2.75, 3.05) is 24.7 Å². The standard InChI is InChI=1S/C21H22N4O7/c1-21(2,3)32-17(28)9-30-14-5-10-4-11-18(23)12(7-22)19(24)25-20(11)31-13(10)6-15(14)29-8-16(26)27/h5-6H,4,8-9H2,1-3H3,(H,26,27)(H4,23,24,25). The molecular weight excluding hydrogens is 420 g/mol. The first-order valence-corrected chi connectivity index (χ1v) is 9.50. The van der Waals surface area contributed by atoms with Crippen molar-refractivity contribution in [3.05, 3.63) is 28.8 Å². The number of aromatic nitrogens is 1. The van der Waals surface area contributed by atoms with Crippen LogP contribution in [0.4, 0.5) is 11.5 Å². The van der Waals surface area contributed by atoms with E-state index in [0.29, 0.717) is 16.9 Å². The number of fused-ring (bicyclic) bond motifs is 2. The van der Waals surface area contributed by atoms with Crippen LogP contribution in [0.25, 0.3) is 0 Å². The van der Waals surface area contributed by atoms with Crippen molar-refractivity contribution in [2.24, 2.45) is 0 Å². The maximum atomic E-state index is 12.0. The summed E-state index contributed by atoms with van der Waals surface area (Å²) in [7, 11) is 0. The van der Waals surface area contributed by atoms with Crippen LogP contribution in [-0.2, 0) is 20.7 Å². The molecule has 168 valence electrons. The number of nitrogen functional groups attached to an aromatic ring is 2. The van der Waals surface area contributed by atoms with Crippen molar-refractivity contribution in [1.82, 2.24) is 4.98 Å². The number of benzene rings is 1. The maximum absolute atomic E-state index is 12.0. The SMILES string of the molecule is CC(C)(C)OC(=O)COc1cc2c(cc1OCC(=O)O)Oc1nc(N)c(C#N)c(N)c1C2. The predicted octanol–water partition coefficient (Wildman–Crippen LogP) is 2.00. The van der Waals surface area contributed by atoms with E-state index in [-0.39, 0.29) is 40.9 Å². The molecule has 0 amide bonds. The molecule has 11 heteroatoms. The summed E-state index contributed by atoms with van der Waals surface area (Å²) < 4.78 is 21.9. The average Bonchev–Trinajstić information content (AvgIpc) is 2.68. The quantitative estimate of drug-likeness (QED) is 0.475. The molecule has 1 aliphatic heterocycles. The third-order valence-corrected chi connectivity index (χ3v) is 4.26. The minimum Gasteiger partial charge on any atom is -0.479 e. The number of hydrogen-bond acceptors (Lipinski definition) is 10. The first kappa shape index (κ1) is 22.5. The number of ether oxygens (including phenoxy) is 4. The summed E-state index contributed by atoms with van der Waals surface area (Å²) in [6, 6.07) is 4.89. The van der Waals surface area contributed by atoms with Gasteiger partial charge >= 0.3 is 11.9 Å². The van der Waals surface area contributed by atoms with Gasteiger partial charge in [-0.2, -0.15) is 10.2 Å². The van der Waals surface area contributed by atoms with Gasteiger partial charge in [0.25, 0.3) is 0 Å². The lowest BCUT2D eigenvalue weighted by Crippen LogP contribution is -2.27. The van der Waals surface area contributed by atoms with Crippen molar-refractivity contribution in [3.63, 3.8) is 0 Å². The summed E-state index contributed by atoms with van der Waals surface area (Å²) in [5.74, 6) is -1.25. The van der Waals surface area contributed by atoms with Gasteiger partial charge in [0.2, 0.25) is 5.88 Å². The molecule has 11 nitrogen and oxygen atoms in total. The Balaban J connectivity index is 1.94. The monoisotopic (exact) mass is 442 g/mol. The minimum atomic E-state index is -1.20. The highest BCUT2D eigenvalue weighted by Crippen LogP contribution is 2.44. The lowest BCUT2D eigenvalue weighted by atomic mass is 9.98. The average molecular weight is 442 g/mol. The molecule has 2 heterocycles. The highest BCUT2D eigenvalue weighted by molar-refractivity contribution is 5.74. The molecule has 0 unspecified atom stereocenters. The zero-order valence-corrected chi connectivity index (χ0v) is 17.7. The normalized spacial score (nSPS) is 11.9. The topological polar surface area (TPSA) is 180 Å². The summed E-state index contributed by atoms with van der Waals surface area (Å²) in [6.45, 7) is 4.11. The van der Waals surface area contributed by atoms with Crippen LogP contribution in [0.2, 0.25) is 0 Å². The second-order valence-electron chi connectivity index (χ2n) is 7.92. The Kier molecular flexibility index (Phi) is 5.98. The smallest absolute Gasteiger partial charge is 0.344 e. The number of nitrogens with two attached hydrogens (primary N) is 2. The fourth-order valence-corrected chi connectivity index (χ4v) is 2.99. The molecule has 0 radical (unpaired) electrons. The van der Waals surface area contributed by atoms with E-state index in [1.54, 1.807) is 26.8 Å². The van der Waals surface area contributed by atoms with E-state index in [4.69, 9.17) is 35.5 Å². The zero-order valence-electron chi connectivity index (χ0n) is 17.7. The Morgan fingerprint density at radius 2 is 1.88 bits per heavy atom. The van der Waals surface area contributed by atoms with Gasteiger partial charge in [-0.15, -0.1) is 0 Å². The zero-order chi connectivity index (χ0) is 23.6. The van der Waals surface area contributed by atoms with Gasteiger partial charge in [-0.05, 0) is 26.8 Å². The molecule has 5 N–H and O–H groups in total. The molecule has 0 bridgehead atoms. The van der Waals surface area contributed by atoms with E-state index in [2.05, 4.69) is 4.98 Å². The molecule has 0 saturated carbocycles. The summed E-state index contributed by atoms with van der Waals surface area (Å²) in [5, 5.41) is 18.2. The van der Waals surface area contributed by atoms with E-state index in [1.165, 1.54) is 6.07 Å². The Bertz CT molecular complexity index is 1130. The van der Waals surface area contributed by atoms with Crippen molar-refractivity contribution >= 4 is 23.4 Å². The number of nitrogens with zero attached hydrogens (tertiary/aromatic N) is 2. The second kappa shape index (κ2) is 8.50. The Labute approximate surface area is 183 Å². The molecule has 1 aromatic carbocycles. The van der Waals surface area contributed by atoms with Gasteiger partial charge in [0.15, 0.2) is 24.7 Å². The number of hydrogen-bond donors (Lipinski definition) is 3. The van der Waals surface area contributed by atoms with Crippen LogP contribution in [0.3, 0.4) is 0 Å². The summed E-state index contributed by atoms with van der Waals surface area (Å²) in [5.41, 5.74) is 12.4. The minimum absolute atomic E-state index is 0.0488. The molecule has 0 spiro atoms. The summed E-state index contributed by atoms with van der Waals surface area (Å²) in [6.07, 6.45) is 0.237. The first-order valence-electron chi connectivity index (χ1n) is 9.50. The second-order valence-corrected chi connectivity index (χ2v) is 7.92. The van der Waals surface area contributed by atoms with Crippen molar-refractivity contribution in [2.45, 2.75) is 32.8 Å². The van der Waals surface area contributed by atoms with Crippen LogP contribution < -0.4 is 25.7 Å². The third kappa shape index (κ3) is 4.92. The number of pyridine rings is 1. The molecule has 0 fully saturated rings. The van der Waals surface area contributed by atoms with Gasteiger partial charge in [-0.1, -0.05) is 0 Å². The van der Waals surface area contributed by atoms with E-state index in [9.17, 15) is 14.9 Å². The fraction of sp³-hybridized carbons (Fsp3) is 0.333. The molecule has 1 aromatic heterocycles. The first-order chi connectivity index (χ1) is 15.0. The van der Waals surface area contributed by atoms with Crippen LogP contribution in [0.5, 0.6) is 23.1 Å². The number of carboxylic acids is 1. The summed E-state index contributed by atoms with van der Waals surface area (Å²) in [4.78, 5) is 27.1. The number of anilines is 2. The van der Waals surface area contributed by atoms with Gasteiger partial charge in [-0.3, -0.25) is 0 Å². The molecule has 0 aliphatic carbocycles. The van der Waals surface area contributed by atoms with Crippen LogP contribution in [-0.4, -0.2) is 40.8 Å². The van der Waals surface area contributed by atoms with Crippen LogP contribution >= 0.6 is 0 Å². The third-order valence-electron chi connectivity index (χ3n) is 4.26. The maximum Gasteiger partial charge on any atom is 0.344 e. The van der Waals surface area contributed by atoms with Crippen molar-refractivity contribution < 1.29 is 33.6 Å². The predicted molar refractivity (Wildman–Crippen MR) is 112 cm³/mol. The highest BCUT2D eigenvalue weighted by atomic mass is 16.6. The molecular formula is C21H22N4O7. The van der Waals surface area contributed by atoms with E-state index in [1.807, 2.05) is 6.07 Å². The largest absolute Gasteiger partial charge is 0.479 e. The molecule has 0 atom stereocenters. The summed E-state index contributed by atoms with van der Waals surface area (Å²) >= 11 is 0.